The van der Waals surface area contributed by atoms with Gasteiger partial charge in [-0.05, 0) is 32.3 Å². The predicted octanol–water partition coefficient (Wildman–Crippen LogP) is 1.84. The van der Waals surface area contributed by atoms with E-state index in [1.54, 1.807) is 22.2 Å². The van der Waals surface area contributed by atoms with Gasteiger partial charge in [0.25, 0.3) is 5.56 Å². The molecule has 0 amide bonds. The highest BCUT2D eigenvalue weighted by atomic mass is 32.1. The van der Waals surface area contributed by atoms with E-state index >= 15 is 0 Å². The number of ether oxygens (including phenoxy) is 1. The zero-order chi connectivity index (χ0) is 14.8. The van der Waals surface area contributed by atoms with E-state index in [1.807, 2.05) is 13.8 Å². The Morgan fingerprint density at radius 2 is 2.38 bits per heavy atom. The molecule has 1 aliphatic rings. The Hall–Kier alpha value is -1.24. The number of aryl methyl sites for hydroxylation is 2. The zero-order valence-corrected chi connectivity index (χ0v) is 13.3. The molecule has 0 aromatic carbocycles. The lowest BCUT2D eigenvalue weighted by Crippen LogP contribution is -2.31. The number of aromatic nitrogens is 2. The van der Waals surface area contributed by atoms with Crippen molar-refractivity contribution < 1.29 is 4.74 Å². The number of hydrogen-bond donors (Lipinski definition) is 1. The Labute approximate surface area is 128 Å². The zero-order valence-electron chi connectivity index (χ0n) is 12.5. The standard InChI is InChI=1S/C15H21N3O2S/c1-10-11(2)21-14-13(10)15(19)18(9-17-14)6-5-16-8-12-4-3-7-20-12/h9,12,16H,3-8H2,1-2H3. The van der Waals surface area contributed by atoms with Crippen LogP contribution in [0.4, 0.5) is 0 Å². The van der Waals surface area contributed by atoms with Crippen molar-refractivity contribution in [2.45, 2.75) is 39.3 Å². The van der Waals surface area contributed by atoms with Gasteiger partial charge >= 0.3 is 0 Å². The minimum Gasteiger partial charge on any atom is -0.377 e. The molecule has 0 spiro atoms. The first-order valence-corrected chi connectivity index (χ1v) is 8.26. The molecule has 5 nitrogen and oxygen atoms in total. The normalized spacial score (nSPS) is 18.7. The van der Waals surface area contributed by atoms with E-state index in [1.165, 1.54) is 4.88 Å². The monoisotopic (exact) mass is 307 g/mol. The largest absolute Gasteiger partial charge is 0.377 e. The van der Waals surface area contributed by atoms with Gasteiger partial charge in [0.1, 0.15) is 4.83 Å². The maximum Gasteiger partial charge on any atom is 0.262 e. The molecule has 6 heteroatoms. The van der Waals surface area contributed by atoms with E-state index in [9.17, 15) is 4.79 Å². The van der Waals surface area contributed by atoms with E-state index in [-0.39, 0.29) is 5.56 Å². The molecule has 114 valence electrons. The molecular formula is C15H21N3O2S. The van der Waals surface area contributed by atoms with Crippen LogP contribution >= 0.6 is 11.3 Å². The summed E-state index contributed by atoms with van der Waals surface area (Å²) in [5.74, 6) is 0. The Balaban J connectivity index is 1.65. The number of nitrogens with zero attached hydrogens (tertiary/aromatic N) is 2. The van der Waals surface area contributed by atoms with Crippen molar-refractivity contribution in [1.29, 1.82) is 0 Å². The average Bonchev–Trinajstić information content (AvgIpc) is 3.07. The summed E-state index contributed by atoms with van der Waals surface area (Å²) < 4.78 is 7.26. The lowest BCUT2D eigenvalue weighted by atomic mass is 10.2. The molecule has 2 aromatic heterocycles. The van der Waals surface area contributed by atoms with Crippen molar-refractivity contribution >= 4 is 21.6 Å². The van der Waals surface area contributed by atoms with E-state index in [0.29, 0.717) is 12.6 Å². The molecular weight excluding hydrogens is 286 g/mol. The second-order valence-electron chi connectivity index (χ2n) is 5.55. The quantitative estimate of drug-likeness (QED) is 0.857. The Morgan fingerprint density at radius 1 is 1.52 bits per heavy atom. The minimum absolute atomic E-state index is 0.0702. The van der Waals surface area contributed by atoms with Crippen molar-refractivity contribution in [3.8, 4) is 0 Å². The molecule has 1 atom stereocenters. The molecule has 2 aromatic rings. The van der Waals surface area contributed by atoms with Crippen LogP contribution in [0, 0.1) is 13.8 Å². The molecule has 21 heavy (non-hydrogen) atoms. The fraction of sp³-hybridized carbons (Fsp3) is 0.600. The van der Waals surface area contributed by atoms with Crippen LogP contribution in [0.5, 0.6) is 0 Å². The molecule has 0 radical (unpaired) electrons. The van der Waals surface area contributed by atoms with Gasteiger partial charge in [-0.3, -0.25) is 9.36 Å². The number of thiophene rings is 1. The summed E-state index contributed by atoms with van der Waals surface area (Å²) >= 11 is 1.59. The minimum atomic E-state index is 0.0702. The summed E-state index contributed by atoms with van der Waals surface area (Å²) in [6.45, 7) is 7.17. The summed E-state index contributed by atoms with van der Waals surface area (Å²) in [5, 5.41) is 4.14. The fourth-order valence-electron chi connectivity index (χ4n) is 2.70. The molecule has 0 aliphatic carbocycles. The Kier molecular flexibility index (Phi) is 4.37. The van der Waals surface area contributed by atoms with Crippen LogP contribution in [-0.4, -0.2) is 35.4 Å². The predicted molar refractivity (Wildman–Crippen MR) is 85.2 cm³/mol. The average molecular weight is 307 g/mol. The maximum absolute atomic E-state index is 12.5. The van der Waals surface area contributed by atoms with E-state index in [4.69, 9.17) is 4.74 Å². The topological polar surface area (TPSA) is 56.1 Å². The molecule has 0 bridgehead atoms. The summed E-state index contributed by atoms with van der Waals surface area (Å²) in [5.41, 5.74) is 1.13. The van der Waals surface area contributed by atoms with Gasteiger partial charge in [0, 0.05) is 31.1 Å². The van der Waals surface area contributed by atoms with Crippen molar-refractivity contribution in [2.24, 2.45) is 0 Å². The number of fused-ring (bicyclic) bond motifs is 1. The first-order chi connectivity index (χ1) is 10.2. The second-order valence-corrected chi connectivity index (χ2v) is 6.75. The Bertz CT molecular complexity index is 686. The molecule has 1 unspecified atom stereocenters. The van der Waals surface area contributed by atoms with Gasteiger partial charge in [0.2, 0.25) is 0 Å². The number of rotatable bonds is 5. The third-order valence-electron chi connectivity index (χ3n) is 4.08. The van der Waals surface area contributed by atoms with Crippen molar-refractivity contribution in [2.75, 3.05) is 19.7 Å². The molecule has 1 saturated heterocycles. The van der Waals surface area contributed by atoms with Gasteiger partial charge in [0.15, 0.2) is 0 Å². The number of nitrogens with one attached hydrogen (secondary N) is 1. The smallest absolute Gasteiger partial charge is 0.262 e. The van der Waals surface area contributed by atoms with Crippen LogP contribution in [0.15, 0.2) is 11.1 Å². The maximum atomic E-state index is 12.5. The van der Waals surface area contributed by atoms with Crippen LogP contribution in [-0.2, 0) is 11.3 Å². The molecule has 1 aliphatic heterocycles. The van der Waals surface area contributed by atoms with Gasteiger partial charge in [-0.15, -0.1) is 11.3 Å². The van der Waals surface area contributed by atoms with E-state index in [2.05, 4.69) is 10.3 Å². The van der Waals surface area contributed by atoms with Crippen LogP contribution in [0.3, 0.4) is 0 Å². The van der Waals surface area contributed by atoms with Crippen LogP contribution in [0.25, 0.3) is 10.2 Å². The second kappa shape index (κ2) is 6.25. The van der Waals surface area contributed by atoms with Crippen LogP contribution in [0.1, 0.15) is 23.3 Å². The fourth-order valence-corrected chi connectivity index (χ4v) is 3.68. The van der Waals surface area contributed by atoms with E-state index < -0.39 is 0 Å². The molecule has 3 rings (SSSR count). The van der Waals surface area contributed by atoms with Gasteiger partial charge in [-0.1, -0.05) is 0 Å². The van der Waals surface area contributed by atoms with Crippen molar-refractivity contribution in [3.63, 3.8) is 0 Å². The van der Waals surface area contributed by atoms with Crippen LogP contribution in [0.2, 0.25) is 0 Å². The highest BCUT2D eigenvalue weighted by molar-refractivity contribution is 7.18. The van der Waals surface area contributed by atoms with Crippen molar-refractivity contribution in [1.82, 2.24) is 14.9 Å². The first kappa shape index (κ1) is 14.7. The summed E-state index contributed by atoms with van der Waals surface area (Å²) in [6.07, 6.45) is 4.29. The highest BCUT2D eigenvalue weighted by Gasteiger charge is 2.15. The lowest BCUT2D eigenvalue weighted by Gasteiger charge is -2.11. The summed E-state index contributed by atoms with van der Waals surface area (Å²) in [7, 11) is 0. The third kappa shape index (κ3) is 3.02. The molecule has 1 fully saturated rings. The summed E-state index contributed by atoms with van der Waals surface area (Å²) in [4.78, 5) is 18.9. The van der Waals surface area contributed by atoms with Crippen LogP contribution < -0.4 is 10.9 Å². The van der Waals surface area contributed by atoms with Gasteiger partial charge in [0.05, 0.1) is 17.8 Å². The first-order valence-electron chi connectivity index (χ1n) is 7.44. The van der Waals surface area contributed by atoms with Gasteiger partial charge in [-0.25, -0.2) is 4.98 Å². The molecule has 0 saturated carbocycles. The third-order valence-corrected chi connectivity index (χ3v) is 5.20. The highest BCUT2D eigenvalue weighted by Crippen LogP contribution is 2.25. The number of hydrogen-bond acceptors (Lipinski definition) is 5. The summed E-state index contributed by atoms with van der Waals surface area (Å²) in [6, 6.07) is 0. The SMILES string of the molecule is Cc1sc2ncn(CCNCC3CCCO3)c(=O)c2c1C. The van der Waals surface area contributed by atoms with E-state index in [0.717, 1.165) is 48.3 Å². The Morgan fingerprint density at radius 3 is 3.14 bits per heavy atom. The molecule has 1 N–H and O–H groups in total. The lowest BCUT2D eigenvalue weighted by molar-refractivity contribution is 0.110. The van der Waals surface area contributed by atoms with Gasteiger partial charge in [-0.2, -0.15) is 0 Å². The van der Waals surface area contributed by atoms with Gasteiger partial charge < -0.3 is 10.1 Å². The van der Waals surface area contributed by atoms with Crippen molar-refractivity contribution in [3.05, 3.63) is 27.1 Å². The molecule has 3 heterocycles.